The lowest BCUT2D eigenvalue weighted by molar-refractivity contribution is 0.0899. The van der Waals surface area contributed by atoms with Gasteiger partial charge < -0.3 is 20.8 Å². The van der Waals surface area contributed by atoms with E-state index in [9.17, 15) is 27.6 Å². The van der Waals surface area contributed by atoms with E-state index in [1.165, 1.54) is 4.68 Å². The number of nitrogens with zero attached hydrogens (tertiary/aromatic N) is 1. The van der Waals surface area contributed by atoms with Gasteiger partial charge in [-0.25, -0.2) is 13.2 Å². The van der Waals surface area contributed by atoms with Crippen molar-refractivity contribution < 1.29 is 27.5 Å². The van der Waals surface area contributed by atoms with Crippen LogP contribution < -0.4 is 26.2 Å². The van der Waals surface area contributed by atoms with Gasteiger partial charge in [-0.1, -0.05) is 60.7 Å². The molecule has 204 valence electrons. The van der Waals surface area contributed by atoms with Gasteiger partial charge in [-0.3, -0.25) is 19.1 Å². The molecule has 0 bridgehead atoms. The Kier molecular flexibility index (Phi) is 7.54. The molecule has 0 saturated heterocycles. The lowest BCUT2D eigenvalue weighted by atomic mass is 10.1. The second-order valence-corrected chi connectivity index (χ2v) is 9.07. The monoisotopic (exact) mass is 548 g/mol. The molecular formula is C29H23F3N4O4. The number of halogens is 3. The zero-order chi connectivity index (χ0) is 28.2. The number of pyridine rings is 1. The lowest BCUT2D eigenvalue weighted by Crippen LogP contribution is -2.53. The van der Waals surface area contributed by atoms with Crippen LogP contribution in [0.1, 0.15) is 37.5 Å². The molecule has 5 rings (SSSR count). The zero-order valence-corrected chi connectivity index (χ0v) is 20.9. The van der Waals surface area contributed by atoms with Crippen LogP contribution in [0.5, 0.6) is 5.75 Å². The topological polar surface area (TPSA) is 101 Å². The van der Waals surface area contributed by atoms with Gasteiger partial charge in [0.25, 0.3) is 11.8 Å². The third-order valence-corrected chi connectivity index (χ3v) is 6.27. The molecule has 1 atom stereocenters. The van der Waals surface area contributed by atoms with Crippen molar-refractivity contribution in [2.24, 2.45) is 0 Å². The third-order valence-electron chi connectivity index (χ3n) is 6.27. The Labute approximate surface area is 226 Å². The van der Waals surface area contributed by atoms with Gasteiger partial charge in [0, 0.05) is 36.9 Å². The second-order valence-electron chi connectivity index (χ2n) is 9.07. The van der Waals surface area contributed by atoms with Crippen molar-refractivity contribution in [2.75, 3.05) is 5.43 Å². The Bertz CT molecular complexity index is 1610. The number of rotatable bonds is 8. The number of fused-ring (bicyclic) bond motifs is 1. The van der Waals surface area contributed by atoms with Crippen LogP contribution in [0.15, 0.2) is 83.8 Å². The number of carbonyl (C=O) groups excluding carboxylic acids is 2. The van der Waals surface area contributed by atoms with Crippen molar-refractivity contribution >= 4 is 11.8 Å². The molecule has 0 fully saturated rings. The van der Waals surface area contributed by atoms with Gasteiger partial charge in [-0.05, 0) is 11.1 Å². The highest BCUT2D eigenvalue weighted by molar-refractivity contribution is 5.99. The summed E-state index contributed by atoms with van der Waals surface area (Å²) in [6.45, 7) is -0.719. The predicted molar refractivity (Wildman–Crippen MR) is 140 cm³/mol. The van der Waals surface area contributed by atoms with E-state index in [4.69, 9.17) is 4.74 Å². The molecule has 8 nitrogen and oxygen atoms in total. The first-order valence-electron chi connectivity index (χ1n) is 12.3. The smallest absolute Gasteiger partial charge is 0.275 e. The van der Waals surface area contributed by atoms with Crippen LogP contribution in [0.2, 0.25) is 0 Å². The van der Waals surface area contributed by atoms with Crippen molar-refractivity contribution in [1.29, 1.82) is 0 Å². The molecule has 11 heteroatoms. The maximum Gasteiger partial charge on any atom is 0.275 e. The molecule has 3 N–H and O–H groups in total. The number of benzene rings is 3. The van der Waals surface area contributed by atoms with Crippen molar-refractivity contribution in [2.45, 2.75) is 25.7 Å². The van der Waals surface area contributed by atoms with E-state index < -0.39 is 58.5 Å². The van der Waals surface area contributed by atoms with Gasteiger partial charge in [-0.15, -0.1) is 0 Å². The SMILES string of the molecule is O=C(NCc1c(F)cc(F)cc1F)c1cn2c(c(OCc3ccccc3)c1=O)C(=O)NC(Cc1ccccc1)N2. The number of hydrogen-bond donors (Lipinski definition) is 3. The molecule has 3 aromatic carbocycles. The lowest BCUT2D eigenvalue weighted by Gasteiger charge is -2.31. The highest BCUT2D eigenvalue weighted by atomic mass is 19.1. The molecule has 0 saturated carbocycles. The number of ether oxygens (including phenoxy) is 1. The van der Waals surface area contributed by atoms with Crippen molar-refractivity contribution in [3.05, 3.63) is 135 Å². The van der Waals surface area contributed by atoms with E-state index in [0.717, 1.165) is 11.8 Å². The molecule has 0 spiro atoms. The Balaban J connectivity index is 1.47. The summed E-state index contributed by atoms with van der Waals surface area (Å²) < 4.78 is 48.4. The van der Waals surface area contributed by atoms with Gasteiger partial charge >= 0.3 is 0 Å². The van der Waals surface area contributed by atoms with Crippen LogP contribution in [0.25, 0.3) is 0 Å². The summed E-state index contributed by atoms with van der Waals surface area (Å²) in [6.07, 6.45) is 0.935. The first-order valence-corrected chi connectivity index (χ1v) is 12.3. The van der Waals surface area contributed by atoms with E-state index in [1.54, 1.807) is 24.3 Å². The van der Waals surface area contributed by atoms with Gasteiger partial charge in [0.2, 0.25) is 5.43 Å². The number of amides is 2. The molecule has 0 aliphatic carbocycles. The minimum Gasteiger partial charge on any atom is -0.482 e. The summed E-state index contributed by atoms with van der Waals surface area (Å²) >= 11 is 0. The van der Waals surface area contributed by atoms with Crippen molar-refractivity contribution in [3.8, 4) is 5.75 Å². The second kappa shape index (κ2) is 11.4. The van der Waals surface area contributed by atoms with Crippen molar-refractivity contribution in [1.82, 2.24) is 15.3 Å². The van der Waals surface area contributed by atoms with Gasteiger partial charge in [0.1, 0.15) is 35.8 Å². The average Bonchev–Trinajstić information content (AvgIpc) is 2.93. The van der Waals surface area contributed by atoms with Gasteiger partial charge in [0.15, 0.2) is 11.4 Å². The molecular weight excluding hydrogens is 525 g/mol. The maximum atomic E-state index is 14.1. The predicted octanol–water partition coefficient (Wildman–Crippen LogP) is 3.63. The average molecular weight is 549 g/mol. The minimum atomic E-state index is -1.19. The van der Waals surface area contributed by atoms with E-state index in [1.807, 2.05) is 36.4 Å². The summed E-state index contributed by atoms with van der Waals surface area (Å²) in [5.41, 5.74) is 2.65. The quantitative estimate of drug-likeness (QED) is 0.312. The summed E-state index contributed by atoms with van der Waals surface area (Å²) in [4.78, 5) is 39.6. The summed E-state index contributed by atoms with van der Waals surface area (Å²) in [5, 5.41) is 5.08. The summed E-state index contributed by atoms with van der Waals surface area (Å²) in [6, 6.07) is 19.2. The fourth-order valence-corrected chi connectivity index (χ4v) is 4.31. The third kappa shape index (κ3) is 5.68. The Hall–Kier alpha value is -5.06. The summed E-state index contributed by atoms with van der Waals surface area (Å²) in [7, 11) is 0. The fraction of sp³-hybridized carbons (Fsp3) is 0.138. The van der Waals surface area contributed by atoms with E-state index in [2.05, 4.69) is 16.1 Å². The molecule has 1 aliphatic rings. The summed E-state index contributed by atoms with van der Waals surface area (Å²) in [5.74, 6) is -5.42. The van der Waals surface area contributed by atoms with E-state index in [-0.39, 0.29) is 18.1 Å². The largest absolute Gasteiger partial charge is 0.482 e. The normalized spacial score (nSPS) is 14.1. The first kappa shape index (κ1) is 26.5. The van der Waals surface area contributed by atoms with Crippen LogP contribution in [-0.2, 0) is 19.6 Å². The molecule has 40 heavy (non-hydrogen) atoms. The van der Waals surface area contributed by atoms with Gasteiger partial charge in [-0.2, -0.15) is 0 Å². The van der Waals surface area contributed by atoms with Crippen LogP contribution in [0.4, 0.5) is 13.2 Å². The molecule has 1 aromatic heterocycles. The van der Waals surface area contributed by atoms with Crippen LogP contribution in [-0.4, -0.2) is 22.7 Å². The number of carbonyl (C=O) groups is 2. The van der Waals surface area contributed by atoms with E-state index in [0.29, 0.717) is 24.1 Å². The molecule has 1 aliphatic heterocycles. The number of hydrogen-bond acceptors (Lipinski definition) is 5. The number of aromatic nitrogens is 1. The fourth-order valence-electron chi connectivity index (χ4n) is 4.31. The molecule has 2 amide bonds. The van der Waals surface area contributed by atoms with Crippen LogP contribution >= 0.6 is 0 Å². The molecule has 0 radical (unpaired) electrons. The highest BCUT2D eigenvalue weighted by Crippen LogP contribution is 2.21. The standard InChI is InChI=1S/C29H23F3N4O4/c30-19-12-22(31)20(23(32)13-19)14-33-28(38)21-15-36-25(27(26(21)37)40-16-18-9-5-2-6-10-18)29(39)34-24(35-36)11-17-7-3-1-4-8-17/h1-10,12-13,15,24,35H,11,14,16H2,(H,33,38)(H,34,39). The first-order chi connectivity index (χ1) is 19.3. The zero-order valence-electron chi connectivity index (χ0n) is 20.9. The van der Waals surface area contributed by atoms with Crippen LogP contribution in [0, 0.1) is 17.5 Å². The Morgan fingerprint density at radius 1 is 0.925 bits per heavy atom. The molecule has 1 unspecified atom stereocenters. The van der Waals surface area contributed by atoms with Gasteiger partial charge in [0.05, 0.1) is 0 Å². The van der Waals surface area contributed by atoms with E-state index >= 15 is 0 Å². The highest BCUT2D eigenvalue weighted by Gasteiger charge is 2.31. The molecule has 4 aromatic rings. The number of nitrogens with one attached hydrogen (secondary N) is 3. The molecule has 2 heterocycles. The van der Waals surface area contributed by atoms with Crippen LogP contribution in [0.3, 0.4) is 0 Å². The Morgan fingerprint density at radius 2 is 1.55 bits per heavy atom. The maximum absolute atomic E-state index is 14.1. The Morgan fingerprint density at radius 3 is 2.20 bits per heavy atom. The minimum absolute atomic E-state index is 0.0686. The van der Waals surface area contributed by atoms with Crippen molar-refractivity contribution in [3.63, 3.8) is 0 Å².